The van der Waals surface area contributed by atoms with Crippen LogP contribution in [0.4, 0.5) is 0 Å². The molecule has 0 spiro atoms. The molecule has 0 bridgehead atoms. The van der Waals surface area contributed by atoms with Gasteiger partial charge in [-0.05, 0) is 18.2 Å². The summed E-state index contributed by atoms with van der Waals surface area (Å²) in [6.45, 7) is 2.67. The largest absolute Gasteiger partial charge is 0.335 e. The Kier molecular flexibility index (Phi) is 4.40. The van der Waals surface area contributed by atoms with Crippen LogP contribution in [0.3, 0.4) is 0 Å². The van der Waals surface area contributed by atoms with Gasteiger partial charge in [0.15, 0.2) is 5.62 Å². The zero-order chi connectivity index (χ0) is 9.73. The van der Waals surface area contributed by atoms with Crippen LogP contribution in [0.15, 0.2) is 30.3 Å². The van der Waals surface area contributed by atoms with Gasteiger partial charge in [-0.2, -0.15) is 0 Å². The lowest BCUT2D eigenvalue weighted by molar-refractivity contribution is 0.362. The highest BCUT2D eigenvalue weighted by molar-refractivity contribution is 8.28. The number of hydrogen-bond acceptors (Lipinski definition) is 2. The fourth-order valence-electron chi connectivity index (χ4n) is 0.889. The van der Waals surface area contributed by atoms with Crippen LogP contribution in [-0.2, 0) is 16.3 Å². The summed E-state index contributed by atoms with van der Waals surface area (Å²) in [6.07, 6.45) is 0.942. The van der Waals surface area contributed by atoms with E-state index in [-0.39, 0.29) is 0 Å². The van der Waals surface area contributed by atoms with E-state index in [4.69, 9.17) is 27.6 Å². The molecule has 0 aliphatic heterocycles. The van der Waals surface area contributed by atoms with Crippen molar-refractivity contribution in [2.45, 2.75) is 13.3 Å². The maximum atomic E-state index is 6.14. The van der Waals surface area contributed by atoms with Gasteiger partial charge in [0.05, 0.1) is 6.61 Å². The molecular weight excluding hydrogens is 223 g/mol. The van der Waals surface area contributed by atoms with Gasteiger partial charge in [-0.1, -0.05) is 48.5 Å². The summed E-state index contributed by atoms with van der Waals surface area (Å²) < 4.78 is 5.46. The van der Waals surface area contributed by atoms with Crippen LogP contribution in [0.1, 0.15) is 13.3 Å². The van der Waals surface area contributed by atoms with Gasteiger partial charge in [0.25, 0.3) is 0 Å². The molecule has 13 heavy (non-hydrogen) atoms. The predicted octanol–water partition coefficient (Wildman–Crippen LogP) is 3.29. The lowest BCUT2D eigenvalue weighted by atomic mass is 10.4. The van der Waals surface area contributed by atoms with Crippen LogP contribution in [0.25, 0.3) is 0 Å². The van der Waals surface area contributed by atoms with Crippen molar-refractivity contribution in [2.24, 2.45) is 0 Å². The van der Waals surface area contributed by atoms with Gasteiger partial charge in [-0.25, -0.2) is 0 Å². The molecule has 4 heteroatoms. The van der Waals surface area contributed by atoms with Gasteiger partial charge in [-0.3, -0.25) is 0 Å². The SMILES string of the molecule is CCCOP(=S)(Cl)c1ccccc1. The van der Waals surface area contributed by atoms with Crippen molar-refractivity contribution in [1.29, 1.82) is 0 Å². The Morgan fingerprint density at radius 3 is 2.54 bits per heavy atom. The number of hydrogen-bond donors (Lipinski definition) is 0. The molecule has 0 fully saturated rings. The third kappa shape index (κ3) is 3.40. The van der Waals surface area contributed by atoms with Crippen LogP contribution < -0.4 is 5.30 Å². The average molecular weight is 235 g/mol. The molecule has 1 nitrogen and oxygen atoms in total. The first-order chi connectivity index (χ1) is 6.17. The molecule has 0 saturated carbocycles. The predicted molar refractivity (Wildman–Crippen MR) is 62.5 cm³/mol. The fraction of sp³-hybridized carbons (Fsp3) is 0.333. The fourth-order valence-corrected chi connectivity index (χ4v) is 3.12. The molecule has 0 aliphatic rings. The quantitative estimate of drug-likeness (QED) is 0.740. The first-order valence-electron chi connectivity index (χ1n) is 4.16. The highest BCUT2D eigenvalue weighted by Gasteiger charge is 2.15. The van der Waals surface area contributed by atoms with Gasteiger partial charge in [0, 0.05) is 5.30 Å². The summed E-state index contributed by atoms with van der Waals surface area (Å²) in [5, 5.41) is 0.931. The van der Waals surface area contributed by atoms with Crippen LogP contribution in [0, 0.1) is 0 Å². The van der Waals surface area contributed by atoms with E-state index in [0.29, 0.717) is 6.61 Å². The standard InChI is InChI=1S/C9H12ClOPS/c1-2-8-11-12(10,13)9-6-4-3-5-7-9/h3-7H,2,8H2,1H3. The Morgan fingerprint density at radius 2 is 2.00 bits per heavy atom. The summed E-state index contributed by atoms with van der Waals surface area (Å²) in [6, 6.07) is 9.63. The van der Waals surface area contributed by atoms with Crippen molar-refractivity contribution >= 4 is 34.0 Å². The zero-order valence-corrected chi connectivity index (χ0v) is 9.91. The summed E-state index contributed by atoms with van der Waals surface area (Å²) in [7, 11) is 0. The van der Waals surface area contributed by atoms with Crippen LogP contribution in [0.5, 0.6) is 0 Å². The van der Waals surface area contributed by atoms with E-state index in [1.807, 2.05) is 37.3 Å². The molecule has 1 atom stereocenters. The second-order valence-corrected chi connectivity index (χ2v) is 7.95. The molecule has 1 unspecified atom stereocenters. The minimum Gasteiger partial charge on any atom is -0.335 e. The van der Waals surface area contributed by atoms with Gasteiger partial charge in [0.1, 0.15) is 0 Å². The first kappa shape index (κ1) is 11.2. The molecule has 72 valence electrons. The molecule has 1 aromatic rings. The van der Waals surface area contributed by atoms with Gasteiger partial charge >= 0.3 is 0 Å². The van der Waals surface area contributed by atoms with Crippen LogP contribution >= 0.6 is 16.9 Å². The monoisotopic (exact) mass is 234 g/mol. The Balaban J connectivity index is 2.76. The maximum absolute atomic E-state index is 6.14. The van der Waals surface area contributed by atoms with Crippen LogP contribution in [0.2, 0.25) is 0 Å². The molecule has 0 saturated heterocycles. The van der Waals surface area contributed by atoms with E-state index >= 15 is 0 Å². The van der Waals surface area contributed by atoms with Gasteiger partial charge < -0.3 is 4.52 Å². The van der Waals surface area contributed by atoms with Crippen molar-refractivity contribution < 1.29 is 4.52 Å². The molecule has 1 aromatic carbocycles. The number of halogens is 1. The van der Waals surface area contributed by atoms with E-state index in [0.717, 1.165) is 11.7 Å². The van der Waals surface area contributed by atoms with Crippen molar-refractivity contribution in [2.75, 3.05) is 6.61 Å². The zero-order valence-electron chi connectivity index (χ0n) is 7.44. The minimum atomic E-state index is -2.26. The molecule has 0 heterocycles. The second-order valence-electron chi connectivity index (χ2n) is 2.65. The van der Waals surface area contributed by atoms with E-state index in [1.165, 1.54) is 0 Å². The highest BCUT2D eigenvalue weighted by atomic mass is 35.7. The summed E-state index contributed by atoms with van der Waals surface area (Å²) >= 11 is 11.4. The minimum absolute atomic E-state index is 0.635. The van der Waals surface area contributed by atoms with E-state index in [9.17, 15) is 0 Å². The molecule has 0 radical (unpaired) electrons. The normalized spacial score (nSPS) is 15.2. The average Bonchev–Trinajstić information content (AvgIpc) is 2.16. The van der Waals surface area contributed by atoms with Crippen molar-refractivity contribution in [3.05, 3.63) is 30.3 Å². The first-order valence-corrected chi connectivity index (χ1v) is 7.79. The lowest BCUT2D eigenvalue weighted by Gasteiger charge is -2.14. The maximum Gasteiger partial charge on any atom is 0.180 e. The Hall–Kier alpha value is 0.120. The third-order valence-corrected chi connectivity index (χ3v) is 4.78. The second kappa shape index (κ2) is 5.11. The highest BCUT2D eigenvalue weighted by Crippen LogP contribution is 2.51. The number of benzene rings is 1. The molecule has 0 amide bonds. The van der Waals surface area contributed by atoms with E-state index in [1.54, 1.807) is 0 Å². The Bertz CT molecular complexity index is 302. The molecular formula is C9H12ClOPS. The Labute approximate surface area is 88.9 Å². The molecule has 0 aromatic heterocycles. The topological polar surface area (TPSA) is 9.23 Å². The molecule has 0 N–H and O–H groups in total. The third-order valence-electron chi connectivity index (χ3n) is 1.53. The molecule has 1 rings (SSSR count). The van der Waals surface area contributed by atoms with E-state index < -0.39 is 5.62 Å². The molecule has 0 aliphatic carbocycles. The van der Waals surface area contributed by atoms with Gasteiger partial charge in [0.2, 0.25) is 0 Å². The lowest BCUT2D eigenvalue weighted by Crippen LogP contribution is -2.02. The summed E-state index contributed by atoms with van der Waals surface area (Å²) in [5.74, 6) is 0. The summed E-state index contributed by atoms with van der Waals surface area (Å²) in [4.78, 5) is 0. The van der Waals surface area contributed by atoms with Crippen molar-refractivity contribution in [1.82, 2.24) is 0 Å². The van der Waals surface area contributed by atoms with E-state index in [2.05, 4.69) is 0 Å². The van der Waals surface area contributed by atoms with Crippen molar-refractivity contribution in [3.8, 4) is 0 Å². The van der Waals surface area contributed by atoms with Crippen LogP contribution in [-0.4, -0.2) is 6.61 Å². The summed E-state index contributed by atoms with van der Waals surface area (Å²) in [5.41, 5.74) is -2.26. The number of rotatable bonds is 4. The smallest absolute Gasteiger partial charge is 0.180 e. The van der Waals surface area contributed by atoms with Crippen molar-refractivity contribution in [3.63, 3.8) is 0 Å². The Morgan fingerprint density at radius 1 is 1.38 bits per heavy atom. The van der Waals surface area contributed by atoms with Gasteiger partial charge in [-0.15, -0.1) is 0 Å².